The molecule has 0 unspecified atom stereocenters. The zero-order valence-electron chi connectivity index (χ0n) is 11.3. The molecule has 0 radical (unpaired) electrons. The molecule has 1 amide bonds. The van der Waals surface area contributed by atoms with Crippen molar-refractivity contribution in [1.29, 1.82) is 0 Å². The van der Waals surface area contributed by atoms with Crippen LogP contribution in [0, 0.1) is 0 Å². The van der Waals surface area contributed by atoms with Gasteiger partial charge in [-0.2, -0.15) is 0 Å². The van der Waals surface area contributed by atoms with Gasteiger partial charge in [-0.15, -0.1) is 0 Å². The quantitative estimate of drug-likeness (QED) is 0.908. The first kappa shape index (κ1) is 13.9. The average Bonchev–Trinajstić information content (AvgIpc) is 2.85. The van der Waals surface area contributed by atoms with Gasteiger partial charge in [-0.05, 0) is 31.7 Å². The summed E-state index contributed by atoms with van der Waals surface area (Å²) < 4.78 is 5.32. The molecule has 4 heteroatoms. The lowest BCUT2D eigenvalue weighted by atomic mass is 10.2. The molecule has 104 valence electrons. The molecule has 0 aromatic heterocycles. The first-order valence-electron chi connectivity index (χ1n) is 6.87. The fourth-order valence-corrected chi connectivity index (χ4v) is 2.59. The SMILES string of the molecule is CCN(C(=O)OCc1ccccc1)[C@@H]1CCC[C@H]1O. The highest BCUT2D eigenvalue weighted by atomic mass is 16.6. The minimum atomic E-state index is -0.413. The molecule has 1 saturated carbocycles. The minimum Gasteiger partial charge on any atom is -0.445 e. The number of benzene rings is 1. The number of rotatable bonds is 4. The van der Waals surface area contributed by atoms with E-state index in [4.69, 9.17) is 4.74 Å². The van der Waals surface area contributed by atoms with Crippen molar-refractivity contribution in [3.63, 3.8) is 0 Å². The van der Waals surface area contributed by atoms with Crippen LogP contribution in [0.25, 0.3) is 0 Å². The summed E-state index contributed by atoms with van der Waals surface area (Å²) in [6.45, 7) is 2.75. The normalized spacial score (nSPS) is 22.2. The Balaban J connectivity index is 1.90. The summed E-state index contributed by atoms with van der Waals surface area (Å²) in [6, 6.07) is 9.53. The van der Waals surface area contributed by atoms with Gasteiger partial charge >= 0.3 is 6.09 Å². The summed E-state index contributed by atoms with van der Waals surface area (Å²) in [5, 5.41) is 9.88. The summed E-state index contributed by atoms with van der Waals surface area (Å²) in [6.07, 6.45) is 1.85. The van der Waals surface area contributed by atoms with Gasteiger partial charge < -0.3 is 14.7 Å². The molecule has 0 heterocycles. The van der Waals surface area contributed by atoms with Crippen LogP contribution in [0.2, 0.25) is 0 Å². The van der Waals surface area contributed by atoms with E-state index in [0.29, 0.717) is 6.54 Å². The van der Waals surface area contributed by atoms with Crippen molar-refractivity contribution in [1.82, 2.24) is 4.90 Å². The molecule has 2 rings (SSSR count). The Bertz CT molecular complexity index is 407. The zero-order chi connectivity index (χ0) is 13.7. The second kappa shape index (κ2) is 6.57. The van der Waals surface area contributed by atoms with Crippen LogP contribution in [0.1, 0.15) is 31.7 Å². The second-order valence-electron chi connectivity index (χ2n) is 4.89. The van der Waals surface area contributed by atoms with E-state index in [-0.39, 0.29) is 18.7 Å². The number of amides is 1. The molecule has 1 aromatic rings. The number of hydrogen-bond donors (Lipinski definition) is 1. The van der Waals surface area contributed by atoms with Crippen LogP contribution in [-0.2, 0) is 11.3 Å². The van der Waals surface area contributed by atoms with Crippen molar-refractivity contribution in [3.05, 3.63) is 35.9 Å². The van der Waals surface area contributed by atoms with Crippen LogP contribution in [-0.4, -0.2) is 34.8 Å². The number of aliphatic hydroxyl groups excluding tert-OH is 1. The van der Waals surface area contributed by atoms with Crippen LogP contribution in [0.3, 0.4) is 0 Å². The number of nitrogens with zero attached hydrogens (tertiary/aromatic N) is 1. The predicted molar refractivity (Wildman–Crippen MR) is 72.7 cm³/mol. The third-order valence-electron chi connectivity index (χ3n) is 3.62. The molecule has 0 spiro atoms. The smallest absolute Gasteiger partial charge is 0.410 e. The van der Waals surface area contributed by atoms with Crippen LogP contribution >= 0.6 is 0 Å². The topological polar surface area (TPSA) is 49.8 Å². The molecule has 1 N–H and O–H groups in total. The summed E-state index contributed by atoms with van der Waals surface area (Å²) in [5.41, 5.74) is 0.971. The second-order valence-corrected chi connectivity index (χ2v) is 4.89. The van der Waals surface area contributed by atoms with E-state index < -0.39 is 6.10 Å². The van der Waals surface area contributed by atoms with Gasteiger partial charge in [0, 0.05) is 6.54 Å². The molecule has 2 atom stereocenters. The molecule has 1 aliphatic carbocycles. The molecule has 1 aromatic carbocycles. The predicted octanol–water partition coefficient (Wildman–Crippen LogP) is 2.56. The molecule has 0 bridgehead atoms. The molecule has 0 aliphatic heterocycles. The van der Waals surface area contributed by atoms with Crippen molar-refractivity contribution < 1.29 is 14.6 Å². The number of hydrogen-bond acceptors (Lipinski definition) is 3. The highest BCUT2D eigenvalue weighted by Crippen LogP contribution is 2.24. The molecule has 1 fully saturated rings. The fourth-order valence-electron chi connectivity index (χ4n) is 2.59. The van der Waals surface area contributed by atoms with E-state index in [1.54, 1.807) is 4.90 Å². The van der Waals surface area contributed by atoms with Crippen molar-refractivity contribution in [3.8, 4) is 0 Å². The van der Waals surface area contributed by atoms with Gasteiger partial charge in [-0.1, -0.05) is 30.3 Å². The molecule has 1 aliphatic rings. The standard InChI is InChI=1S/C15H21NO3/c1-2-16(13-9-6-10-14(13)17)15(18)19-11-12-7-4-3-5-8-12/h3-5,7-8,13-14,17H,2,6,9-11H2,1H3/t13-,14-/m1/s1. The average molecular weight is 263 g/mol. The number of aliphatic hydroxyl groups is 1. The van der Waals surface area contributed by atoms with Crippen LogP contribution < -0.4 is 0 Å². The summed E-state index contributed by atoms with van der Waals surface area (Å²) >= 11 is 0. The van der Waals surface area contributed by atoms with E-state index in [0.717, 1.165) is 24.8 Å². The lowest BCUT2D eigenvalue weighted by Gasteiger charge is -2.29. The fraction of sp³-hybridized carbons (Fsp3) is 0.533. The third kappa shape index (κ3) is 3.47. The first-order valence-corrected chi connectivity index (χ1v) is 6.87. The molecule has 19 heavy (non-hydrogen) atoms. The van der Waals surface area contributed by atoms with Gasteiger partial charge in [0.25, 0.3) is 0 Å². The Hall–Kier alpha value is -1.55. The largest absolute Gasteiger partial charge is 0.445 e. The van der Waals surface area contributed by atoms with Gasteiger partial charge in [0.1, 0.15) is 6.61 Å². The van der Waals surface area contributed by atoms with E-state index in [9.17, 15) is 9.90 Å². The monoisotopic (exact) mass is 263 g/mol. The van der Waals surface area contributed by atoms with E-state index in [1.165, 1.54) is 0 Å². The Morgan fingerprint density at radius 2 is 2.11 bits per heavy atom. The van der Waals surface area contributed by atoms with E-state index in [2.05, 4.69) is 0 Å². The van der Waals surface area contributed by atoms with Gasteiger partial charge in [0.2, 0.25) is 0 Å². The summed E-state index contributed by atoms with van der Waals surface area (Å²) in [5.74, 6) is 0. The number of likely N-dealkylation sites (N-methyl/N-ethyl adjacent to an activating group) is 1. The lowest BCUT2D eigenvalue weighted by molar-refractivity contribution is 0.0460. The van der Waals surface area contributed by atoms with Crippen molar-refractivity contribution in [2.24, 2.45) is 0 Å². The van der Waals surface area contributed by atoms with Crippen molar-refractivity contribution in [2.75, 3.05) is 6.54 Å². The first-order chi connectivity index (χ1) is 9.22. The maximum absolute atomic E-state index is 12.1. The summed E-state index contributed by atoms with van der Waals surface area (Å²) in [7, 11) is 0. The van der Waals surface area contributed by atoms with Crippen LogP contribution in [0.15, 0.2) is 30.3 Å². The van der Waals surface area contributed by atoms with Crippen LogP contribution in [0.5, 0.6) is 0 Å². The summed E-state index contributed by atoms with van der Waals surface area (Å²) in [4.78, 5) is 13.7. The van der Waals surface area contributed by atoms with Gasteiger partial charge in [0.05, 0.1) is 12.1 Å². The number of ether oxygens (including phenoxy) is 1. The molecule has 4 nitrogen and oxygen atoms in total. The lowest BCUT2D eigenvalue weighted by Crippen LogP contribution is -2.44. The Labute approximate surface area is 114 Å². The minimum absolute atomic E-state index is 0.0896. The van der Waals surface area contributed by atoms with E-state index >= 15 is 0 Å². The highest BCUT2D eigenvalue weighted by molar-refractivity contribution is 5.68. The van der Waals surface area contributed by atoms with Crippen molar-refractivity contribution in [2.45, 2.75) is 44.9 Å². The van der Waals surface area contributed by atoms with Gasteiger partial charge in [0.15, 0.2) is 0 Å². The zero-order valence-corrected chi connectivity index (χ0v) is 11.3. The third-order valence-corrected chi connectivity index (χ3v) is 3.62. The Morgan fingerprint density at radius 3 is 2.68 bits per heavy atom. The molecule has 0 saturated heterocycles. The van der Waals surface area contributed by atoms with E-state index in [1.807, 2.05) is 37.3 Å². The number of carbonyl (C=O) groups is 1. The van der Waals surface area contributed by atoms with Gasteiger partial charge in [-0.3, -0.25) is 0 Å². The molecular weight excluding hydrogens is 242 g/mol. The van der Waals surface area contributed by atoms with Gasteiger partial charge in [-0.25, -0.2) is 4.79 Å². The number of carbonyl (C=O) groups excluding carboxylic acids is 1. The Kier molecular flexibility index (Phi) is 4.80. The molecular formula is C15H21NO3. The Morgan fingerprint density at radius 1 is 1.37 bits per heavy atom. The highest BCUT2D eigenvalue weighted by Gasteiger charge is 2.33. The maximum atomic E-state index is 12.1. The van der Waals surface area contributed by atoms with Crippen molar-refractivity contribution >= 4 is 6.09 Å². The maximum Gasteiger partial charge on any atom is 0.410 e. The van der Waals surface area contributed by atoms with Crippen LogP contribution in [0.4, 0.5) is 4.79 Å².